The van der Waals surface area contributed by atoms with Gasteiger partial charge in [0.2, 0.25) is 5.91 Å². The van der Waals surface area contributed by atoms with Crippen LogP contribution in [0.25, 0.3) is 0 Å². The van der Waals surface area contributed by atoms with Crippen LogP contribution >= 0.6 is 0 Å². The minimum Gasteiger partial charge on any atom is -0.493 e. The maximum Gasteiger partial charge on any atom is 0.240 e. The summed E-state index contributed by atoms with van der Waals surface area (Å²) in [7, 11) is 0. The smallest absolute Gasteiger partial charge is 0.240 e. The molecule has 1 N–H and O–H groups in total. The molecule has 0 spiro atoms. The number of likely N-dealkylation sites (tertiary alicyclic amines) is 1. The lowest BCUT2D eigenvalue weighted by Gasteiger charge is -2.33. The van der Waals surface area contributed by atoms with E-state index in [1.165, 1.54) is 11.1 Å². The van der Waals surface area contributed by atoms with Gasteiger partial charge in [-0.25, -0.2) is 4.98 Å². The number of para-hydroxylation sites is 1. The Labute approximate surface area is 202 Å². The zero-order chi connectivity index (χ0) is 23.7. The molecule has 2 aliphatic rings. The van der Waals surface area contributed by atoms with Gasteiger partial charge < -0.3 is 19.5 Å². The molecule has 6 nitrogen and oxygen atoms in total. The van der Waals surface area contributed by atoms with Gasteiger partial charge in [0.25, 0.3) is 0 Å². The molecule has 3 heterocycles. The van der Waals surface area contributed by atoms with Gasteiger partial charge in [0.05, 0.1) is 30.7 Å². The van der Waals surface area contributed by atoms with Crippen LogP contribution < -0.4 is 10.1 Å². The Hall–Kier alpha value is -3.12. The molecule has 2 aliphatic heterocycles. The number of imidazole rings is 1. The van der Waals surface area contributed by atoms with E-state index in [1.54, 1.807) is 0 Å². The molecule has 2 unspecified atom stereocenters. The monoisotopic (exact) mass is 458 g/mol. The van der Waals surface area contributed by atoms with Gasteiger partial charge in [-0.3, -0.25) is 4.79 Å². The largest absolute Gasteiger partial charge is 0.493 e. The summed E-state index contributed by atoms with van der Waals surface area (Å²) in [5, 5.41) is 3.50. The van der Waals surface area contributed by atoms with Crippen molar-refractivity contribution in [1.82, 2.24) is 19.8 Å². The Morgan fingerprint density at radius 1 is 1.09 bits per heavy atom. The third kappa shape index (κ3) is 4.60. The molecule has 2 atom stereocenters. The minimum absolute atomic E-state index is 0.103. The van der Waals surface area contributed by atoms with Crippen LogP contribution in [0.15, 0.2) is 61.1 Å². The van der Waals surface area contributed by atoms with E-state index in [2.05, 4.69) is 66.0 Å². The van der Waals surface area contributed by atoms with Crippen LogP contribution in [0.3, 0.4) is 0 Å². The van der Waals surface area contributed by atoms with Crippen molar-refractivity contribution in [2.75, 3.05) is 13.2 Å². The Balaban J connectivity index is 1.21. The Morgan fingerprint density at radius 2 is 1.88 bits per heavy atom. The van der Waals surface area contributed by atoms with Gasteiger partial charge >= 0.3 is 0 Å². The summed E-state index contributed by atoms with van der Waals surface area (Å²) in [6.45, 7) is 9.50. The van der Waals surface area contributed by atoms with E-state index in [0.29, 0.717) is 13.2 Å². The minimum atomic E-state index is -0.163. The number of aromatic nitrogens is 2. The second-order valence-corrected chi connectivity index (χ2v) is 10.4. The van der Waals surface area contributed by atoms with Gasteiger partial charge in [-0.05, 0) is 29.0 Å². The molecular weight excluding hydrogens is 424 g/mol. The second-order valence-electron chi connectivity index (χ2n) is 10.4. The molecule has 1 fully saturated rings. The summed E-state index contributed by atoms with van der Waals surface area (Å²) in [6.07, 6.45) is 5.43. The van der Waals surface area contributed by atoms with Crippen LogP contribution in [0, 0.1) is 0 Å². The highest BCUT2D eigenvalue weighted by Crippen LogP contribution is 2.37. The van der Waals surface area contributed by atoms with Gasteiger partial charge in [0.1, 0.15) is 5.75 Å². The Bertz CT molecular complexity index is 1150. The number of amides is 1. The molecular formula is C28H34N4O2. The lowest BCUT2D eigenvalue weighted by atomic mass is 9.87. The lowest BCUT2D eigenvalue weighted by Crippen LogP contribution is -2.40. The van der Waals surface area contributed by atoms with Gasteiger partial charge in [0.15, 0.2) is 0 Å². The Morgan fingerprint density at radius 3 is 2.68 bits per heavy atom. The average Bonchev–Trinajstić information content (AvgIpc) is 3.43. The number of rotatable bonds is 6. The Kier molecular flexibility index (Phi) is 6.17. The van der Waals surface area contributed by atoms with Crippen LogP contribution in [0.2, 0.25) is 0 Å². The lowest BCUT2D eigenvalue weighted by molar-refractivity contribution is -0.132. The number of fused-ring (bicyclic) bond motifs is 1. The first kappa shape index (κ1) is 22.7. The number of carbonyl (C=O) groups is 1. The summed E-state index contributed by atoms with van der Waals surface area (Å²) in [4.78, 5) is 19.7. The maximum atomic E-state index is 13.3. The van der Waals surface area contributed by atoms with Crippen LogP contribution in [0.1, 0.15) is 62.0 Å². The molecule has 0 radical (unpaired) electrons. The van der Waals surface area contributed by atoms with Crippen molar-refractivity contribution in [3.05, 3.63) is 83.4 Å². The van der Waals surface area contributed by atoms with E-state index in [-0.39, 0.29) is 23.4 Å². The molecule has 34 heavy (non-hydrogen) atoms. The zero-order valence-electron chi connectivity index (χ0n) is 20.3. The van der Waals surface area contributed by atoms with Crippen molar-refractivity contribution >= 4 is 5.91 Å². The average molecular weight is 459 g/mol. The molecule has 5 rings (SSSR count). The highest BCUT2D eigenvalue weighted by atomic mass is 16.5. The van der Waals surface area contributed by atoms with Crippen molar-refractivity contribution in [3.63, 3.8) is 0 Å². The fourth-order valence-electron chi connectivity index (χ4n) is 5.02. The SMILES string of the molecule is CC(C)(C)c1ccc(Cn2cncc2CNC2CCN(C3CCOc4ccccc43)C2=O)cc1. The third-order valence-electron chi connectivity index (χ3n) is 7.04. The van der Waals surface area contributed by atoms with E-state index in [1.807, 2.05) is 35.6 Å². The van der Waals surface area contributed by atoms with E-state index < -0.39 is 0 Å². The number of hydrogen-bond acceptors (Lipinski definition) is 4. The molecule has 1 saturated heterocycles. The number of hydrogen-bond donors (Lipinski definition) is 1. The van der Waals surface area contributed by atoms with E-state index in [4.69, 9.17) is 4.74 Å². The van der Waals surface area contributed by atoms with Gasteiger partial charge in [-0.2, -0.15) is 0 Å². The van der Waals surface area contributed by atoms with Crippen LogP contribution in [-0.4, -0.2) is 39.6 Å². The molecule has 0 aliphatic carbocycles. The highest BCUT2D eigenvalue weighted by Gasteiger charge is 2.38. The van der Waals surface area contributed by atoms with Gasteiger partial charge in [0, 0.05) is 37.8 Å². The maximum absolute atomic E-state index is 13.3. The van der Waals surface area contributed by atoms with Gasteiger partial charge in [-0.1, -0.05) is 63.2 Å². The summed E-state index contributed by atoms with van der Waals surface area (Å²) < 4.78 is 7.95. The molecule has 2 aromatic carbocycles. The molecule has 1 amide bonds. The quantitative estimate of drug-likeness (QED) is 0.593. The van der Waals surface area contributed by atoms with Crippen molar-refractivity contribution in [3.8, 4) is 5.75 Å². The first-order chi connectivity index (χ1) is 16.4. The van der Waals surface area contributed by atoms with Crippen LogP contribution in [0.5, 0.6) is 5.75 Å². The molecule has 0 saturated carbocycles. The van der Waals surface area contributed by atoms with Crippen molar-refractivity contribution in [2.24, 2.45) is 0 Å². The zero-order valence-corrected chi connectivity index (χ0v) is 20.3. The second kappa shape index (κ2) is 9.26. The fourth-order valence-corrected chi connectivity index (χ4v) is 5.02. The number of carbonyl (C=O) groups excluding carboxylic acids is 1. The van der Waals surface area contributed by atoms with Crippen molar-refractivity contribution in [1.29, 1.82) is 0 Å². The normalized spacial score (nSPS) is 20.3. The van der Waals surface area contributed by atoms with Crippen molar-refractivity contribution < 1.29 is 9.53 Å². The number of nitrogens with one attached hydrogen (secondary N) is 1. The van der Waals surface area contributed by atoms with E-state index in [0.717, 1.165) is 42.9 Å². The summed E-state index contributed by atoms with van der Waals surface area (Å²) in [5.74, 6) is 1.09. The molecule has 6 heteroatoms. The summed E-state index contributed by atoms with van der Waals surface area (Å²) in [6, 6.07) is 16.8. The third-order valence-corrected chi connectivity index (χ3v) is 7.04. The predicted molar refractivity (Wildman–Crippen MR) is 133 cm³/mol. The topological polar surface area (TPSA) is 59.4 Å². The molecule has 1 aromatic heterocycles. The summed E-state index contributed by atoms with van der Waals surface area (Å²) in [5.41, 5.74) is 4.94. The molecule has 3 aromatic rings. The highest BCUT2D eigenvalue weighted by molar-refractivity contribution is 5.84. The molecule has 0 bridgehead atoms. The number of benzene rings is 2. The molecule has 178 valence electrons. The number of ether oxygens (including phenoxy) is 1. The van der Waals surface area contributed by atoms with Crippen molar-refractivity contribution in [2.45, 2.75) is 64.2 Å². The van der Waals surface area contributed by atoms with Gasteiger partial charge in [-0.15, -0.1) is 0 Å². The first-order valence-corrected chi connectivity index (χ1v) is 12.2. The van der Waals surface area contributed by atoms with Crippen LogP contribution in [-0.2, 0) is 23.3 Å². The summed E-state index contributed by atoms with van der Waals surface area (Å²) >= 11 is 0. The first-order valence-electron chi connectivity index (χ1n) is 12.2. The fraction of sp³-hybridized carbons (Fsp3) is 0.429. The van der Waals surface area contributed by atoms with E-state index >= 15 is 0 Å². The van der Waals surface area contributed by atoms with E-state index in [9.17, 15) is 4.79 Å². The standard InChI is InChI=1S/C28H34N4O2/c1-28(2,3)21-10-8-20(9-11-21)18-31-19-29-16-22(31)17-30-24-12-14-32(27(24)33)25-13-15-34-26-7-5-4-6-23(25)26/h4-11,16,19,24-25,30H,12-15,17-18H2,1-3H3. The van der Waals surface area contributed by atoms with Crippen LogP contribution in [0.4, 0.5) is 0 Å². The predicted octanol–water partition coefficient (Wildman–Crippen LogP) is 4.44. The number of nitrogens with zero attached hydrogens (tertiary/aromatic N) is 3.